The number of carboxylic acids is 1. The van der Waals surface area contributed by atoms with Crippen LogP contribution in [-0.2, 0) is 0 Å². The Kier molecular flexibility index (Phi) is 4.37. The zero-order chi connectivity index (χ0) is 14.0. The minimum absolute atomic E-state index is 0.439. The highest BCUT2D eigenvalue weighted by Gasteiger charge is 2.27. The number of hydrogen-bond donors (Lipinski definition) is 1. The summed E-state index contributed by atoms with van der Waals surface area (Å²) in [6.07, 6.45) is 2.99. The van der Waals surface area contributed by atoms with Crippen LogP contribution in [0.1, 0.15) is 16.8 Å². The van der Waals surface area contributed by atoms with Crippen molar-refractivity contribution in [2.24, 2.45) is 0 Å². The summed E-state index contributed by atoms with van der Waals surface area (Å²) in [4.78, 5) is 16.8. The van der Waals surface area contributed by atoms with Crippen molar-refractivity contribution in [1.82, 2.24) is 4.90 Å². The first-order chi connectivity index (χ1) is 9.04. The Bertz CT molecular complexity index is 477. The molecule has 1 fully saturated rings. The van der Waals surface area contributed by atoms with Gasteiger partial charge in [-0.3, -0.25) is 0 Å². The fourth-order valence-corrected chi connectivity index (χ4v) is 3.16. The lowest BCUT2D eigenvalue weighted by molar-refractivity contribution is 0.0694. The Hall–Kier alpha value is -1.20. The molecule has 1 aliphatic heterocycles. The maximum atomic E-state index is 11.5. The molecule has 19 heavy (non-hydrogen) atoms. The number of rotatable bonds is 4. The topological polar surface area (TPSA) is 43.8 Å². The molecule has 1 aliphatic rings. The normalized spacial score (nSPS) is 19.2. The number of nitrogens with zero attached hydrogens (tertiary/aromatic N) is 2. The maximum absolute atomic E-state index is 11.5. The van der Waals surface area contributed by atoms with Crippen molar-refractivity contribution in [2.75, 3.05) is 38.3 Å². The molecule has 1 atom stereocenters. The van der Waals surface area contributed by atoms with Crippen LogP contribution in [0.2, 0.25) is 0 Å². The molecule has 0 aromatic heterocycles. The van der Waals surface area contributed by atoms with Crippen LogP contribution in [-0.4, -0.2) is 55.5 Å². The molecule has 0 amide bonds. The molecule has 0 bridgehead atoms. The summed E-state index contributed by atoms with van der Waals surface area (Å²) in [5.41, 5.74) is 1.29. The van der Waals surface area contributed by atoms with Gasteiger partial charge in [0.15, 0.2) is 0 Å². The number of hydrogen-bond acceptors (Lipinski definition) is 4. The molecule has 0 radical (unpaired) electrons. The van der Waals surface area contributed by atoms with Gasteiger partial charge in [-0.15, -0.1) is 11.8 Å². The van der Waals surface area contributed by atoms with E-state index < -0.39 is 5.97 Å². The summed E-state index contributed by atoms with van der Waals surface area (Å²) in [6, 6.07) is 6.23. The Balaban J connectivity index is 2.33. The smallest absolute Gasteiger partial charge is 0.338 e. The Labute approximate surface area is 118 Å². The van der Waals surface area contributed by atoms with Gasteiger partial charge >= 0.3 is 5.97 Å². The molecule has 1 unspecified atom stereocenters. The molecule has 2 rings (SSSR count). The minimum Gasteiger partial charge on any atom is -0.478 e. The van der Waals surface area contributed by atoms with Gasteiger partial charge in [0.1, 0.15) is 0 Å². The van der Waals surface area contributed by atoms with E-state index in [0.29, 0.717) is 11.6 Å². The number of carboxylic acid groups (broad SMARTS) is 1. The third-order valence-electron chi connectivity index (χ3n) is 3.67. The van der Waals surface area contributed by atoms with E-state index in [9.17, 15) is 9.90 Å². The highest BCUT2D eigenvalue weighted by Crippen LogP contribution is 2.32. The molecule has 1 N–H and O–H groups in total. The van der Waals surface area contributed by atoms with Gasteiger partial charge in [0.05, 0.1) is 11.3 Å². The zero-order valence-electron chi connectivity index (χ0n) is 11.6. The molecular formula is C14H20N2O2S. The van der Waals surface area contributed by atoms with Crippen LogP contribution in [0.5, 0.6) is 0 Å². The first kappa shape index (κ1) is 14.2. The first-order valence-electron chi connectivity index (χ1n) is 6.36. The Morgan fingerprint density at radius 2 is 2.21 bits per heavy atom. The third-order valence-corrected chi connectivity index (χ3v) is 4.45. The highest BCUT2D eigenvalue weighted by molar-refractivity contribution is 7.98. The lowest BCUT2D eigenvalue weighted by Crippen LogP contribution is -2.32. The van der Waals surface area contributed by atoms with E-state index in [4.69, 9.17) is 0 Å². The van der Waals surface area contributed by atoms with E-state index in [-0.39, 0.29) is 0 Å². The van der Waals surface area contributed by atoms with Gasteiger partial charge in [-0.1, -0.05) is 6.07 Å². The van der Waals surface area contributed by atoms with E-state index in [1.807, 2.05) is 24.5 Å². The van der Waals surface area contributed by atoms with E-state index in [0.717, 1.165) is 30.1 Å². The number of aromatic carboxylic acids is 1. The molecule has 0 saturated carbocycles. The van der Waals surface area contributed by atoms with E-state index in [1.54, 1.807) is 0 Å². The molecule has 1 heterocycles. The molecule has 1 aromatic rings. The van der Waals surface area contributed by atoms with Crippen molar-refractivity contribution in [1.29, 1.82) is 0 Å². The average molecular weight is 280 g/mol. The van der Waals surface area contributed by atoms with Gasteiger partial charge in [-0.2, -0.15) is 0 Å². The predicted octanol–water partition coefficient (Wildman–Crippen LogP) is 2.25. The van der Waals surface area contributed by atoms with Gasteiger partial charge < -0.3 is 14.9 Å². The molecule has 1 aromatic carbocycles. The van der Waals surface area contributed by atoms with Gasteiger partial charge in [0, 0.05) is 24.0 Å². The molecular weight excluding hydrogens is 260 g/mol. The van der Waals surface area contributed by atoms with Gasteiger partial charge in [-0.25, -0.2) is 4.79 Å². The average Bonchev–Trinajstić information content (AvgIpc) is 2.87. The monoisotopic (exact) mass is 280 g/mol. The number of likely N-dealkylation sites (N-methyl/N-ethyl adjacent to an activating group) is 1. The highest BCUT2D eigenvalue weighted by atomic mass is 32.2. The second-order valence-electron chi connectivity index (χ2n) is 5.01. The molecule has 104 valence electrons. The quantitative estimate of drug-likeness (QED) is 0.857. The lowest BCUT2D eigenvalue weighted by atomic mass is 10.1. The summed E-state index contributed by atoms with van der Waals surface area (Å²) in [6.45, 7) is 1.81. The van der Waals surface area contributed by atoms with Gasteiger partial charge in [-0.05, 0) is 38.9 Å². The SMILES string of the molecule is CSc1cccc(N2CCC(N(C)C)C2)c1C(=O)O. The largest absolute Gasteiger partial charge is 0.478 e. The van der Waals surface area contributed by atoms with Crippen molar-refractivity contribution in [3.05, 3.63) is 23.8 Å². The van der Waals surface area contributed by atoms with E-state index in [2.05, 4.69) is 23.9 Å². The number of anilines is 1. The minimum atomic E-state index is -0.840. The zero-order valence-corrected chi connectivity index (χ0v) is 12.4. The Morgan fingerprint density at radius 1 is 1.47 bits per heavy atom. The Morgan fingerprint density at radius 3 is 2.74 bits per heavy atom. The summed E-state index contributed by atoms with van der Waals surface area (Å²) < 4.78 is 0. The summed E-state index contributed by atoms with van der Waals surface area (Å²) in [5, 5.41) is 9.46. The molecule has 4 nitrogen and oxygen atoms in total. The third kappa shape index (κ3) is 2.87. The fourth-order valence-electron chi connectivity index (χ4n) is 2.55. The van der Waals surface area contributed by atoms with Crippen LogP contribution in [0.4, 0.5) is 5.69 Å². The molecule has 0 spiro atoms. The van der Waals surface area contributed by atoms with Crippen LogP contribution in [0.15, 0.2) is 23.1 Å². The van der Waals surface area contributed by atoms with Crippen molar-refractivity contribution in [2.45, 2.75) is 17.4 Å². The lowest BCUT2D eigenvalue weighted by Gasteiger charge is -2.23. The van der Waals surface area contributed by atoms with Crippen molar-refractivity contribution in [3.8, 4) is 0 Å². The van der Waals surface area contributed by atoms with E-state index in [1.165, 1.54) is 11.8 Å². The van der Waals surface area contributed by atoms with Crippen LogP contribution >= 0.6 is 11.8 Å². The summed E-state index contributed by atoms with van der Waals surface area (Å²) >= 11 is 1.49. The van der Waals surface area contributed by atoms with E-state index >= 15 is 0 Å². The maximum Gasteiger partial charge on any atom is 0.338 e. The van der Waals surface area contributed by atoms with Gasteiger partial charge in [0.25, 0.3) is 0 Å². The predicted molar refractivity (Wildman–Crippen MR) is 79.5 cm³/mol. The van der Waals surface area contributed by atoms with Crippen molar-refractivity contribution < 1.29 is 9.90 Å². The van der Waals surface area contributed by atoms with Crippen molar-refractivity contribution in [3.63, 3.8) is 0 Å². The number of carbonyl (C=O) groups is 1. The second kappa shape index (κ2) is 5.84. The second-order valence-corrected chi connectivity index (χ2v) is 5.86. The number of thioether (sulfide) groups is 1. The molecule has 5 heteroatoms. The van der Waals surface area contributed by atoms with Crippen LogP contribution in [0.25, 0.3) is 0 Å². The van der Waals surface area contributed by atoms with Crippen LogP contribution in [0, 0.1) is 0 Å². The standard InChI is InChI=1S/C14H20N2O2S/c1-15(2)10-7-8-16(9-10)11-5-4-6-12(19-3)13(11)14(17)18/h4-6,10H,7-9H2,1-3H3,(H,17,18). The first-order valence-corrected chi connectivity index (χ1v) is 7.58. The molecule has 0 aliphatic carbocycles. The summed E-state index contributed by atoms with van der Waals surface area (Å²) in [5.74, 6) is -0.840. The van der Waals surface area contributed by atoms with Crippen LogP contribution in [0.3, 0.4) is 0 Å². The number of benzene rings is 1. The fraction of sp³-hybridized carbons (Fsp3) is 0.500. The van der Waals surface area contributed by atoms with Gasteiger partial charge in [0.2, 0.25) is 0 Å². The molecule has 1 saturated heterocycles. The van der Waals surface area contributed by atoms with Crippen LogP contribution < -0.4 is 4.90 Å². The van der Waals surface area contributed by atoms with Crippen molar-refractivity contribution >= 4 is 23.4 Å². The summed E-state index contributed by atoms with van der Waals surface area (Å²) in [7, 11) is 4.15.